The molecule has 90 valence electrons. The van der Waals surface area contributed by atoms with Crippen LogP contribution in [0.25, 0.3) is 21.4 Å². The van der Waals surface area contributed by atoms with Crippen LogP contribution in [-0.4, -0.2) is 5.11 Å². The lowest BCUT2D eigenvalue weighted by Crippen LogP contribution is -1.80. The zero-order valence-corrected chi connectivity index (χ0v) is 11.3. The molecular formula is C14H10O2S2. The molecule has 3 rings (SSSR count). The van der Waals surface area contributed by atoms with Crippen LogP contribution in [0.5, 0.6) is 5.75 Å². The average Bonchev–Trinajstić information content (AvgIpc) is 2.69. The maximum atomic E-state index is 9.77. The number of aromatic hydroxyl groups is 1. The van der Waals surface area contributed by atoms with Crippen LogP contribution in [0.15, 0.2) is 40.8 Å². The third-order valence-corrected chi connectivity index (χ3v) is 3.89. The molecule has 0 aliphatic carbocycles. The highest BCUT2D eigenvalue weighted by molar-refractivity contribution is 7.73. The highest BCUT2D eigenvalue weighted by atomic mass is 32.1. The van der Waals surface area contributed by atoms with Gasteiger partial charge < -0.3 is 9.52 Å². The largest absolute Gasteiger partial charge is 0.508 e. The number of hydrogen-bond acceptors (Lipinski definition) is 4. The molecule has 0 aliphatic rings. The fourth-order valence-electron chi connectivity index (χ4n) is 1.91. The van der Waals surface area contributed by atoms with Crippen molar-refractivity contribution < 1.29 is 9.52 Å². The van der Waals surface area contributed by atoms with Gasteiger partial charge in [-0.15, -0.1) is 0 Å². The van der Waals surface area contributed by atoms with Crippen molar-refractivity contribution in [1.29, 1.82) is 0 Å². The van der Waals surface area contributed by atoms with Gasteiger partial charge in [-0.2, -0.15) is 0 Å². The van der Waals surface area contributed by atoms with Crippen LogP contribution < -0.4 is 0 Å². The van der Waals surface area contributed by atoms with Crippen LogP contribution >= 0.6 is 23.6 Å². The first-order valence-electron chi connectivity index (χ1n) is 5.47. The van der Waals surface area contributed by atoms with E-state index in [1.807, 2.05) is 31.2 Å². The fraction of sp³-hybridized carbons (Fsp3) is 0.0714. The predicted molar refractivity (Wildman–Crippen MR) is 76.8 cm³/mol. The minimum absolute atomic E-state index is 0.227. The molecule has 1 aromatic heterocycles. The average molecular weight is 274 g/mol. The summed E-state index contributed by atoms with van der Waals surface area (Å²) >= 11 is 6.42. The molecule has 0 spiro atoms. The molecule has 0 unspecified atom stereocenters. The Bertz CT molecular complexity index is 767. The van der Waals surface area contributed by atoms with E-state index in [1.165, 1.54) is 16.9 Å². The highest BCUT2D eigenvalue weighted by Crippen LogP contribution is 2.36. The summed E-state index contributed by atoms with van der Waals surface area (Å²) in [6.45, 7) is 2.04. The summed E-state index contributed by atoms with van der Waals surface area (Å²) in [5.41, 5.74) is 3.82. The molecule has 3 aromatic rings. The van der Waals surface area contributed by atoms with Crippen molar-refractivity contribution in [2.24, 2.45) is 0 Å². The molecule has 2 aromatic carbocycles. The van der Waals surface area contributed by atoms with Gasteiger partial charge in [-0.05, 0) is 30.8 Å². The molecule has 0 amide bonds. The van der Waals surface area contributed by atoms with Crippen LogP contribution in [0.1, 0.15) is 5.56 Å². The first-order chi connectivity index (χ1) is 8.63. The Morgan fingerprint density at radius 1 is 1.17 bits per heavy atom. The van der Waals surface area contributed by atoms with Crippen molar-refractivity contribution in [2.45, 2.75) is 6.92 Å². The second-order valence-electron chi connectivity index (χ2n) is 4.14. The first kappa shape index (κ1) is 11.4. The SMILES string of the molecule is Cc1ccc(-c2cc(O)cc3sc(=S)oc23)cc1. The standard InChI is InChI=1S/C14H10O2S2/c1-8-2-4-9(5-3-8)11-6-10(15)7-12-13(11)16-14(17)18-12/h2-7,15H,1H3. The third kappa shape index (κ3) is 1.94. The fourth-order valence-corrected chi connectivity index (χ4v) is 2.99. The number of phenols is 1. The van der Waals surface area contributed by atoms with Gasteiger partial charge in [0.2, 0.25) is 4.02 Å². The number of phenolic OH excluding ortho intramolecular Hbond substituents is 1. The Labute approximate surface area is 113 Å². The van der Waals surface area contributed by atoms with Gasteiger partial charge in [0.05, 0.1) is 4.70 Å². The Morgan fingerprint density at radius 3 is 2.61 bits per heavy atom. The molecule has 0 radical (unpaired) electrons. The van der Waals surface area contributed by atoms with Gasteiger partial charge in [0.1, 0.15) is 5.75 Å². The zero-order chi connectivity index (χ0) is 12.7. The van der Waals surface area contributed by atoms with Crippen LogP contribution in [0, 0.1) is 10.9 Å². The number of rotatable bonds is 1. The van der Waals surface area contributed by atoms with E-state index >= 15 is 0 Å². The van der Waals surface area contributed by atoms with Crippen molar-refractivity contribution in [1.82, 2.24) is 0 Å². The van der Waals surface area contributed by atoms with Gasteiger partial charge in [0.25, 0.3) is 0 Å². The Hall–Kier alpha value is -1.65. The number of fused-ring (bicyclic) bond motifs is 1. The van der Waals surface area contributed by atoms with Crippen molar-refractivity contribution in [3.05, 3.63) is 46.0 Å². The van der Waals surface area contributed by atoms with E-state index < -0.39 is 0 Å². The maximum absolute atomic E-state index is 9.77. The summed E-state index contributed by atoms with van der Waals surface area (Å²) in [4.78, 5) is 0. The van der Waals surface area contributed by atoms with Gasteiger partial charge in [0.15, 0.2) is 5.58 Å². The monoisotopic (exact) mass is 274 g/mol. The number of aryl methyl sites for hydroxylation is 1. The normalized spacial score (nSPS) is 10.9. The van der Waals surface area contributed by atoms with Crippen molar-refractivity contribution in [3.63, 3.8) is 0 Å². The molecule has 18 heavy (non-hydrogen) atoms. The summed E-state index contributed by atoms with van der Waals surface area (Å²) in [5.74, 6) is 0.227. The lowest BCUT2D eigenvalue weighted by molar-refractivity contribution is 0.476. The quantitative estimate of drug-likeness (QED) is 0.640. The molecule has 2 nitrogen and oxygen atoms in total. The zero-order valence-electron chi connectivity index (χ0n) is 9.64. The van der Waals surface area contributed by atoms with Crippen LogP contribution in [0.3, 0.4) is 0 Å². The summed E-state index contributed by atoms with van der Waals surface area (Å²) < 4.78 is 6.91. The summed E-state index contributed by atoms with van der Waals surface area (Å²) in [6.07, 6.45) is 0. The maximum Gasteiger partial charge on any atom is 0.248 e. The van der Waals surface area contributed by atoms with Gasteiger partial charge in [-0.1, -0.05) is 41.2 Å². The Balaban J connectivity index is 2.33. The molecule has 0 fully saturated rings. The molecule has 1 N–H and O–H groups in total. The minimum atomic E-state index is 0.227. The second-order valence-corrected chi connectivity index (χ2v) is 5.78. The molecular weight excluding hydrogens is 264 g/mol. The third-order valence-electron chi connectivity index (χ3n) is 2.78. The van der Waals surface area contributed by atoms with Crippen molar-refractivity contribution >= 4 is 33.8 Å². The topological polar surface area (TPSA) is 33.4 Å². The molecule has 1 heterocycles. The summed E-state index contributed by atoms with van der Waals surface area (Å²) in [7, 11) is 0. The molecule has 0 bridgehead atoms. The number of hydrogen-bond donors (Lipinski definition) is 1. The van der Waals surface area contributed by atoms with Gasteiger partial charge in [-0.3, -0.25) is 0 Å². The smallest absolute Gasteiger partial charge is 0.248 e. The Morgan fingerprint density at radius 2 is 1.89 bits per heavy atom. The lowest BCUT2D eigenvalue weighted by Gasteiger charge is -2.04. The van der Waals surface area contributed by atoms with E-state index in [1.54, 1.807) is 12.1 Å². The molecule has 0 saturated heterocycles. The highest BCUT2D eigenvalue weighted by Gasteiger charge is 2.10. The Kier molecular flexibility index (Phi) is 2.69. The van der Waals surface area contributed by atoms with Crippen molar-refractivity contribution in [3.8, 4) is 16.9 Å². The van der Waals surface area contributed by atoms with Crippen LogP contribution in [0.4, 0.5) is 0 Å². The van der Waals surface area contributed by atoms with Gasteiger partial charge in [-0.25, -0.2) is 0 Å². The van der Waals surface area contributed by atoms with Gasteiger partial charge >= 0.3 is 0 Å². The molecule has 0 saturated carbocycles. The van der Waals surface area contributed by atoms with Crippen LogP contribution in [-0.2, 0) is 0 Å². The van der Waals surface area contributed by atoms with E-state index in [-0.39, 0.29) is 5.75 Å². The van der Waals surface area contributed by atoms with E-state index in [0.29, 0.717) is 4.02 Å². The van der Waals surface area contributed by atoms with E-state index in [0.717, 1.165) is 21.4 Å². The number of benzene rings is 2. The predicted octanol–water partition coefficient (Wildman–Crippen LogP) is 4.90. The lowest BCUT2D eigenvalue weighted by atomic mass is 10.0. The summed E-state index contributed by atoms with van der Waals surface area (Å²) in [5, 5.41) is 9.77. The van der Waals surface area contributed by atoms with Crippen molar-refractivity contribution in [2.75, 3.05) is 0 Å². The molecule has 4 heteroatoms. The minimum Gasteiger partial charge on any atom is -0.508 e. The molecule has 0 atom stereocenters. The summed E-state index contributed by atoms with van der Waals surface area (Å²) in [6, 6.07) is 11.5. The van der Waals surface area contributed by atoms with Gasteiger partial charge in [0, 0.05) is 11.6 Å². The van der Waals surface area contributed by atoms with E-state index in [2.05, 4.69) is 0 Å². The van der Waals surface area contributed by atoms with E-state index in [4.69, 9.17) is 16.6 Å². The first-order valence-corrected chi connectivity index (χ1v) is 6.70. The molecule has 0 aliphatic heterocycles. The second kappa shape index (κ2) is 4.23. The van der Waals surface area contributed by atoms with Crippen LogP contribution in [0.2, 0.25) is 0 Å². The van der Waals surface area contributed by atoms with E-state index in [9.17, 15) is 5.11 Å².